The van der Waals surface area contributed by atoms with Crippen LogP contribution in [0.25, 0.3) is 0 Å². The van der Waals surface area contributed by atoms with E-state index in [0.717, 1.165) is 0 Å². The lowest BCUT2D eigenvalue weighted by molar-refractivity contribution is 0.0693. The Bertz CT molecular complexity index is 521. The van der Waals surface area contributed by atoms with Gasteiger partial charge in [-0.25, -0.2) is 14.2 Å². The van der Waals surface area contributed by atoms with Crippen LogP contribution in [0.2, 0.25) is 0 Å². The summed E-state index contributed by atoms with van der Waals surface area (Å²) in [7, 11) is 0. The molecule has 0 atom stereocenters. The van der Waals surface area contributed by atoms with Crippen LogP contribution in [0.5, 0.6) is 5.75 Å². The van der Waals surface area contributed by atoms with Crippen molar-refractivity contribution in [2.24, 2.45) is 0 Å². The molecule has 0 aliphatic rings. The number of oxazole rings is 1. The number of ether oxygens (including phenoxy) is 1. The van der Waals surface area contributed by atoms with Gasteiger partial charge in [-0.3, -0.25) is 0 Å². The largest absolute Gasteiger partial charge is 0.434 e. The van der Waals surface area contributed by atoms with Gasteiger partial charge in [0.2, 0.25) is 5.76 Å². The van der Waals surface area contributed by atoms with Crippen molar-refractivity contribution in [3.63, 3.8) is 0 Å². The first kappa shape index (κ1) is 10.4. The number of benzene rings is 1. The van der Waals surface area contributed by atoms with Crippen LogP contribution < -0.4 is 4.74 Å². The van der Waals surface area contributed by atoms with E-state index >= 15 is 0 Å². The molecule has 5 heteroatoms. The van der Waals surface area contributed by atoms with Crippen molar-refractivity contribution in [2.45, 2.75) is 6.92 Å². The second-order valence-electron chi connectivity index (χ2n) is 3.06. The number of aromatic nitrogens is 1. The maximum Gasteiger partial charge on any atom is 0.381 e. The van der Waals surface area contributed by atoms with Crippen LogP contribution in [0.4, 0.5) is 4.39 Å². The Morgan fingerprint density at radius 1 is 1.44 bits per heavy atom. The first-order chi connectivity index (χ1) is 7.66. The van der Waals surface area contributed by atoms with Gasteiger partial charge in [0.15, 0.2) is 17.5 Å². The molecule has 0 bridgehead atoms. The van der Waals surface area contributed by atoms with Crippen molar-refractivity contribution in [1.82, 2.24) is 4.98 Å². The molecule has 2 aromatic rings. The topological polar surface area (TPSA) is 52.3 Å². The van der Waals surface area contributed by atoms with Crippen molar-refractivity contribution in [1.29, 1.82) is 0 Å². The fraction of sp³-hybridized carbons (Fsp3) is 0.0909. The lowest BCUT2D eigenvalue weighted by atomic mass is 10.3. The molecule has 16 heavy (non-hydrogen) atoms. The van der Waals surface area contributed by atoms with Crippen molar-refractivity contribution >= 4 is 5.97 Å². The van der Waals surface area contributed by atoms with E-state index in [-0.39, 0.29) is 11.5 Å². The second kappa shape index (κ2) is 4.14. The number of hydrogen-bond acceptors (Lipinski definition) is 4. The summed E-state index contributed by atoms with van der Waals surface area (Å²) in [6.45, 7) is 1.60. The highest BCUT2D eigenvalue weighted by atomic mass is 19.1. The Balaban J connectivity index is 2.17. The van der Waals surface area contributed by atoms with Crippen LogP contribution in [0.1, 0.15) is 16.4 Å². The monoisotopic (exact) mass is 221 g/mol. The molecule has 0 unspecified atom stereocenters. The van der Waals surface area contributed by atoms with Crippen LogP contribution in [0, 0.1) is 12.7 Å². The highest BCUT2D eigenvalue weighted by Crippen LogP contribution is 2.17. The Labute approximate surface area is 90.7 Å². The fourth-order valence-electron chi connectivity index (χ4n) is 1.13. The molecule has 0 aliphatic carbocycles. The Morgan fingerprint density at radius 2 is 2.19 bits per heavy atom. The van der Waals surface area contributed by atoms with E-state index in [1.807, 2.05) is 0 Å². The standard InChI is InChI=1S/C11H8FNO3/c1-7-13-6-10(15-7)11(14)16-9-5-3-2-4-8(9)12/h2-6H,1H3. The van der Waals surface area contributed by atoms with Gasteiger partial charge in [0.1, 0.15) is 0 Å². The first-order valence-electron chi connectivity index (χ1n) is 4.56. The lowest BCUT2D eigenvalue weighted by Crippen LogP contribution is -2.08. The van der Waals surface area contributed by atoms with Crippen molar-refractivity contribution in [2.75, 3.05) is 0 Å². The van der Waals surface area contributed by atoms with Gasteiger partial charge in [-0.05, 0) is 12.1 Å². The first-order valence-corrected chi connectivity index (χ1v) is 4.56. The third kappa shape index (κ3) is 2.08. The van der Waals surface area contributed by atoms with E-state index in [0.29, 0.717) is 5.89 Å². The lowest BCUT2D eigenvalue weighted by Gasteiger charge is -2.02. The molecule has 1 aromatic carbocycles. The minimum atomic E-state index is -0.772. The minimum absolute atomic E-state index is 0.0549. The molecule has 0 saturated heterocycles. The molecule has 4 nitrogen and oxygen atoms in total. The van der Waals surface area contributed by atoms with Crippen LogP contribution in [-0.4, -0.2) is 11.0 Å². The van der Waals surface area contributed by atoms with E-state index in [4.69, 9.17) is 9.15 Å². The number of nitrogens with zero attached hydrogens (tertiary/aromatic N) is 1. The summed E-state index contributed by atoms with van der Waals surface area (Å²) in [6.07, 6.45) is 1.23. The SMILES string of the molecule is Cc1ncc(C(=O)Oc2ccccc2F)o1. The molecule has 1 aromatic heterocycles. The zero-order chi connectivity index (χ0) is 11.5. The number of esters is 1. The Kier molecular flexibility index (Phi) is 2.68. The third-order valence-electron chi connectivity index (χ3n) is 1.86. The van der Waals surface area contributed by atoms with E-state index in [1.54, 1.807) is 13.0 Å². The maximum atomic E-state index is 13.1. The predicted molar refractivity (Wildman–Crippen MR) is 52.6 cm³/mol. The smallest absolute Gasteiger partial charge is 0.381 e. The molecule has 82 valence electrons. The Hall–Kier alpha value is -2.17. The fourth-order valence-corrected chi connectivity index (χ4v) is 1.13. The molecule has 1 heterocycles. The van der Waals surface area contributed by atoms with Crippen molar-refractivity contribution in [3.8, 4) is 5.75 Å². The number of halogens is 1. The average Bonchev–Trinajstić information content (AvgIpc) is 2.68. The minimum Gasteiger partial charge on any atom is -0.434 e. The Morgan fingerprint density at radius 3 is 2.81 bits per heavy atom. The summed E-state index contributed by atoms with van der Waals surface area (Å²) >= 11 is 0. The van der Waals surface area contributed by atoms with Gasteiger partial charge in [-0.15, -0.1) is 0 Å². The average molecular weight is 221 g/mol. The van der Waals surface area contributed by atoms with Gasteiger partial charge in [0, 0.05) is 6.92 Å². The van der Waals surface area contributed by atoms with Gasteiger partial charge in [-0.2, -0.15) is 0 Å². The van der Waals surface area contributed by atoms with Crippen LogP contribution in [0.15, 0.2) is 34.9 Å². The van der Waals surface area contributed by atoms with Crippen molar-refractivity contribution < 1.29 is 18.3 Å². The van der Waals surface area contributed by atoms with Crippen molar-refractivity contribution in [3.05, 3.63) is 47.9 Å². The van der Waals surface area contributed by atoms with Gasteiger partial charge >= 0.3 is 5.97 Å². The molecule has 2 rings (SSSR count). The summed E-state index contributed by atoms with van der Waals surface area (Å²) in [5, 5.41) is 0. The quantitative estimate of drug-likeness (QED) is 0.577. The second-order valence-corrected chi connectivity index (χ2v) is 3.06. The molecule has 0 aliphatic heterocycles. The maximum absolute atomic E-state index is 13.1. The van der Waals surface area contributed by atoms with Gasteiger partial charge < -0.3 is 9.15 Å². The number of para-hydroxylation sites is 1. The normalized spacial score (nSPS) is 10.1. The number of carbonyl (C=O) groups excluding carboxylic acids is 1. The van der Waals surface area contributed by atoms with Crippen LogP contribution in [-0.2, 0) is 0 Å². The zero-order valence-corrected chi connectivity index (χ0v) is 8.44. The molecular formula is C11H8FNO3. The highest BCUT2D eigenvalue weighted by molar-refractivity contribution is 5.87. The van der Waals surface area contributed by atoms with E-state index in [2.05, 4.69) is 4.98 Å². The molecular weight excluding hydrogens is 213 g/mol. The number of hydrogen-bond donors (Lipinski definition) is 0. The third-order valence-corrected chi connectivity index (χ3v) is 1.86. The highest BCUT2D eigenvalue weighted by Gasteiger charge is 2.15. The molecule has 0 radical (unpaired) electrons. The molecule has 0 N–H and O–H groups in total. The van der Waals surface area contributed by atoms with E-state index in [1.165, 1.54) is 24.4 Å². The number of aryl methyl sites for hydroxylation is 1. The van der Waals surface area contributed by atoms with Crippen LogP contribution in [0.3, 0.4) is 0 Å². The van der Waals surface area contributed by atoms with Gasteiger partial charge in [0.05, 0.1) is 6.20 Å². The van der Waals surface area contributed by atoms with Gasteiger partial charge in [0.25, 0.3) is 0 Å². The molecule has 0 fully saturated rings. The summed E-state index contributed by atoms with van der Waals surface area (Å²) in [6, 6.07) is 5.63. The van der Waals surface area contributed by atoms with Crippen LogP contribution >= 0.6 is 0 Å². The van der Waals surface area contributed by atoms with Gasteiger partial charge in [-0.1, -0.05) is 12.1 Å². The zero-order valence-electron chi connectivity index (χ0n) is 8.44. The molecule has 0 saturated carbocycles. The number of rotatable bonds is 2. The molecule has 0 amide bonds. The van der Waals surface area contributed by atoms with E-state index < -0.39 is 11.8 Å². The van der Waals surface area contributed by atoms with E-state index in [9.17, 15) is 9.18 Å². The summed E-state index contributed by atoms with van der Waals surface area (Å²) in [5.41, 5.74) is 0. The predicted octanol–water partition coefficient (Wildman–Crippen LogP) is 2.34. The number of carbonyl (C=O) groups is 1. The molecule has 0 spiro atoms. The summed E-state index contributed by atoms with van der Waals surface area (Å²) in [4.78, 5) is 15.2. The summed E-state index contributed by atoms with van der Waals surface area (Å²) in [5.74, 6) is -1.22. The summed E-state index contributed by atoms with van der Waals surface area (Å²) < 4.78 is 22.9.